The third kappa shape index (κ3) is 7.49. The lowest BCUT2D eigenvalue weighted by Gasteiger charge is -2.24. The van der Waals surface area contributed by atoms with E-state index in [1.807, 2.05) is 13.0 Å². The SMILES string of the molecule is CC(CCc1ccccc1OC1CCCCC1)Oc1ccc(B2OC(=O)CN(C)CC(=O)O2)cc1. The maximum Gasteiger partial charge on any atom is 0.636 e. The molecule has 2 aliphatic rings. The Labute approximate surface area is 207 Å². The molecule has 186 valence electrons. The van der Waals surface area contributed by atoms with E-state index in [9.17, 15) is 9.59 Å². The van der Waals surface area contributed by atoms with Crippen molar-refractivity contribution in [1.82, 2.24) is 4.90 Å². The van der Waals surface area contributed by atoms with Gasteiger partial charge in [0.15, 0.2) is 0 Å². The molecule has 1 aliphatic carbocycles. The normalized spacial score (nSPS) is 18.7. The quantitative estimate of drug-likeness (QED) is 0.537. The van der Waals surface area contributed by atoms with Crippen LogP contribution in [0.25, 0.3) is 0 Å². The maximum absolute atomic E-state index is 12.0. The molecule has 0 aromatic heterocycles. The Kier molecular flexibility index (Phi) is 8.69. The van der Waals surface area contributed by atoms with E-state index in [4.69, 9.17) is 18.8 Å². The van der Waals surface area contributed by atoms with Gasteiger partial charge in [0, 0.05) is 5.46 Å². The van der Waals surface area contributed by atoms with Crippen LogP contribution in [0.5, 0.6) is 11.5 Å². The van der Waals surface area contributed by atoms with Gasteiger partial charge in [0.05, 0.1) is 25.3 Å². The van der Waals surface area contributed by atoms with Gasteiger partial charge in [0.1, 0.15) is 11.5 Å². The number of hydrogen-bond donors (Lipinski definition) is 0. The molecular weight excluding hydrogens is 445 g/mol. The molecule has 1 heterocycles. The van der Waals surface area contributed by atoms with Gasteiger partial charge in [-0.1, -0.05) is 36.8 Å². The largest absolute Gasteiger partial charge is 0.636 e. The third-order valence-corrected chi connectivity index (χ3v) is 6.40. The highest BCUT2D eigenvalue weighted by Gasteiger charge is 2.33. The third-order valence-electron chi connectivity index (χ3n) is 6.40. The minimum Gasteiger partial charge on any atom is -0.494 e. The van der Waals surface area contributed by atoms with Crippen LogP contribution in [-0.2, 0) is 25.3 Å². The first-order valence-corrected chi connectivity index (χ1v) is 12.5. The van der Waals surface area contributed by atoms with E-state index in [0.29, 0.717) is 17.3 Å². The molecule has 1 atom stereocenters. The van der Waals surface area contributed by atoms with Gasteiger partial charge in [-0.2, -0.15) is 0 Å². The van der Waals surface area contributed by atoms with E-state index < -0.39 is 19.1 Å². The Bertz CT molecular complexity index is 971. The van der Waals surface area contributed by atoms with E-state index in [1.54, 1.807) is 36.2 Å². The minimum absolute atomic E-state index is 0.00354. The molecule has 0 amide bonds. The van der Waals surface area contributed by atoms with Crippen LogP contribution in [-0.4, -0.2) is 56.3 Å². The monoisotopic (exact) mass is 479 g/mol. The molecule has 2 aromatic rings. The number of aryl methyl sites for hydroxylation is 1. The second-order valence-corrected chi connectivity index (χ2v) is 9.51. The summed E-state index contributed by atoms with van der Waals surface area (Å²) in [6, 6.07) is 15.4. The lowest BCUT2D eigenvalue weighted by Crippen LogP contribution is -2.47. The van der Waals surface area contributed by atoms with Crippen LogP contribution in [0.15, 0.2) is 48.5 Å². The molecule has 1 unspecified atom stereocenters. The van der Waals surface area contributed by atoms with Crippen LogP contribution >= 0.6 is 0 Å². The number of carbonyl (C=O) groups is 2. The molecule has 1 aliphatic heterocycles. The molecule has 4 rings (SSSR count). The molecule has 0 N–H and O–H groups in total. The maximum atomic E-state index is 12.0. The number of ether oxygens (including phenoxy) is 2. The average Bonchev–Trinajstić information content (AvgIpc) is 2.83. The number of para-hydroxylation sites is 1. The van der Waals surface area contributed by atoms with Crippen LogP contribution < -0.4 is 14.9 Å². The molecule has 8 heteroatoms. The molecule has 0 bridgehead atoms. The molecular formula is C27H34BNO6. The minimum atomic E-state index is -1.05. The van der Waals surface area contributed by atoms with Crippen LogP contribution in [0.3, 0.4) is 0 Å². The first-order valence-electron chi connectivity index (χ1n) is 12.5. The van der Waals surface area contributed by atoms with Crippen LogP contribution in [0.4, 0.5) is 0 Å². The molecule has 0 spiro atoms. The van der Waals surface area contributed by atoms with Crippen LogP contribution in [0.1, 0.15) is 51.0 Å². The summed E-state index contributed by atoms with van der Waals surface area (Å²) in [4.78, 5) is 25.5. The number of likely N-dealkylation sites (N-methyl/N-ethyl adjacent to an activating group) is 1. The summed E-state index contributed by atoms with van der Waals surface area (Å²) in [5.74, 6) is 0.819. The zero-order valence-corrected chi connectivity index (χ0v) is 20.6. The highest BCUT2D eigenvalue weighted by molar-refractivity contribution is 6.64. The van der Waals surface area contributed by atoms with Crippen molar-refractivity contribution in [3.05, 3.63) is 54.1 Å². The Balaban J connectivity index is 1.30. The zero-order valence-electron chi connectivity index (χ0n) is 20.6. The summed E-state index contributed by atoms with van der Waals surface area (Å²) in [6.45, 7) is 2.13. The number of rotatable bonds is 8. The van der Waals surface area contributed by atoms with Gasteiger partial charge < -0.3 is 18.8 Å². The second-order valence-electron chi connectivity index (χ2n) is 9.51. The summed E-state index contributed by atoms with van der Waals surface area (Å²) in [7, 11) is 0.620. The van der Waals surface area contributed by atoms with E-state index in [0.717, 1.165) is 31.4 Å². The first-order chi connectivity index (χ1) is 17.0. The smallest absolute Gasteiger partial charge is 0.494 e. The van der Waals surface area contributed by atoms with Crippen molar-refractivity contribution in [1.29, 1.82) is 0 Å². The highest BCUT2D eigenvalue weighted by Crippen LogP contribution is 2.27. The van der Waals surface area contributed by atoms with Gasteiger partial charge in [0.2, 0.25) is 0 Å². The highest BCUT2D eigenvalue weighted by atomic mass is 16.6. The average molecular weight is 479 g/mol. The van der Waals surface area contributed by atoms with Crippen molar-refractivity contribution in [3.63, 3.8) is 0 Å². The van der Waals surface area contributed by atoms with Gasteiger partial charge in [0.25, 0.3) is 0 Å². The molecule has 35 heavy (non-hydrogen) atoms. The summed E-state index contributed by atoms with van der Waals surface area (Å²) in [5, 5.41) is 0. The first kappa shape index (κ1) is 25.1. The van der Waals surface area contributed by atoms with Gasteiger partial charge in [-0.25, -0.2) is 0 Å². The molecule has 0 radical (unpaired) electrons. The Morgan fingerprint density at radius 1 is 0.971 bits per heavy atom. The van der Waals surface area contributed by atoms with Gasteiger partial charge >= 0.3 is 19.1 Å². The lowest BCUT2D eigenvalue weighted by atomic mass is 9.78. The standard InChI is InChI=1S/C27H34BNO6/c1-20(12-13-21-8-6-7-11-25(21)33-23-9-4-3-5-10-23)32-24-16-14-22(15-17-24)28-34-26(30)18-29(2)19-27(31)35-28/h6-8,11,14-17,20,23H,3-5,9-10,12-13,18-19H2,1-2H3. The Morgan fingerprint density at radius 2 is 1.63 bits per heavy atom. The van der Waals surface area contributed by atoms with Crippen LogP contribution in [0.2, 0.25) is 0 Å². The van der Waals surface area contributed by atoms with E-state index >= 15 is 0 Å². The number of benzene rings is 2. The summed E-state index contributed by atoms with van der Waals surface area (Å²) >= 11 is 0. The molecule has 2 aromatic carbocycles. The fraction of sp³-hybridized carbons (Fsp3) is 0.481. The molecule has 1 saturated heterocycles. The number of nitrogens with zero attached hydrogens (tertiary/aromatic N) is 1. The summed E-state index contributed by atoms with van der Waals surface area (Å²) in [5.41, 5.74) is 1.80. The molecule has 7 nitrogen and oxygen atoms in total. The Hall–Kier alpha value is -3.00. The van der Waals surface area contributed by atoms with Crippen molar-refractivity contribution >= 4 is 24.5 Å². The van der Waals surface area contributed by atoms with Crippen molar-refractivity contribution in [2.24, 2.45) is 0 Å². The van der Waals surface area contributed by atoms with E-state index in [1.165, 1.54) is 24.8 Å². The lowest BCUT2D eigenvalue weighted by molar-refractivity contribution is -0.145. The van der Waals surface area contributed by atoms with Gasteiger partial charge in [-0.05, 0) is 76.3 Å². The molecule has 2 fully saturated rings. The van der Waals surface area contributed by atoms with Crippen LogP contribution in [0, 0.1) is 0 Å². The Morgan fingerprint density at radius 3 is 2.31 bits per heavy atom. The number of hydrogen-bond acceptors (Lipinski definition) is 7. The zero-order chi connectivity index (χ0) is 24.6. The predicted molar refractivity (Wildman–Crippen MR) is 134 cm³/mol. The van der Waals surface area contributed by atoms with Crippen molar-refractivity contribution in [2.45, 2.75) is 64.1 Å². The topological polar surface area (TPSA) is 74.3 Å². The second kappa shape index (κ2) is 12.1. The fourth-order valence-corrected chi connectivity index (χ4v) is 4.51. The van der Waals surface area contributed by atoms with Crippen molar-refractivity contribution in [3.8, 4) is 11.5 Å². The molecule has 1 saturated carbocycles. The van der Waals surface area contributed by atoms with Crippen molar-refractivity contribution < 1.29 is 28.4 Å². The fourth-order valence-electron chi connectivity index (χ4n) is 4.51. The predicted octanol–water partition coefficient (Wildman–Crippen LogP) is 3.53. The van der Waals surface area contributed by atoms with Gasteiger partial charge in [-0.3, -0.25) is 14.5 Å². The van der Waals surface area contributed by atoms with E-state index in [-0.39, 0.29) is 19.2 Å². The van der Waals surface area contributed by atoms with Gasteiger partial charge in [-0.15, -0.1) is 0 Å². The summed E-state index contributed by atoms with van der Waals surface area (Å²) in [6.07, 6.45) is 8.12. The van der Waals surface area contributed by atoms with Crippen molar-refractivity contribution in [2.75, 3.05) is 20.1 Å². The van der Waals surface area contributed by atoms with E-state index in [2.05, 4.69) is 18.2 Å². The summed E-state index contributed by atoms with van der Waals surface area (Å²) < 4.78 is 23.1. The number of carbonyl (C=O) groups excluding carboxylic acids is 2.